The van der Waals surface area contributed by atoms with Crippen LogP contribution in [0.25, 0.3) is 0 Å². The minimum atomic E-state index is 0.229. The minimum Gasteiger partial charge on any atom is -0.484 e. The zero-order valence-corrected chi connectivity index (χ0v) is 10.3. The molecule has 0 amide bonds. The van der Waals surface area contributed by atoms with E-state index < -0.39 is 0 Å². The number of ether oxygens (including phenoxy) is 1. The van der Waals surface area contributed by atoms with E-state index in [1.807, 2.05) is 0 Å². The highest BCUT2D eigenvalue weighted by Gasteiger charge is 2.08. The number of halogens is 2. The zero-order chi connectivity index (χ0) is 12.3. The fourth-order valence-electron chi connectivity index (χ4n) is 1.26. The van der Waals surface area contributed by atoms with Crippen molar-refractivity contribution in [3.8, 4) is 5.75 Å². The van der Waals surface area contributed by atoms with Crippen LogP contribution in [0, 0.1) is 0 Å². The average molecular weight is 273 g/mol. The Balaban J connectivity index is 2.04. The fourth-order valence-corrected chi connectivity index (χ4v) is 1.61. The predicted octanol–water partition coefficient (Wildman–Crippen LogP) is 3.02. The molecule has 0 atom stereocenters. The number of nitrogens with two attached hydrogens (primary N) is 1. The molecular formula is C11H10Cl2N2O2. The molecule has 17 heavy (non-hydrogen) atoms. The first kappa shape index (κ1) is 12.2. The Morgan fingerprint density at radius 1 is 1.35 bits per heavy atom. The van der Waals surface area contributed by atoms with Gasteiger partial charge in [-0.05, 0) is 12.1 Å². The third-order valence-electron chi connectivity index (χ3n) is 2.10. The first-order valence-electron chi connectivity index (χ1n) is 4.92. The van der Waals surface area contributed by atoms with E-state index in [0.717, 1.165) is 0 Å². The highest BCUT2D eigenvalue weighted by Crippen LogP contribution is 2.31. The summed E-state index contributed by atoms with van der Waals surface area (Å²) in [5, 5.41) is 4.58. The van der Waals surface area contributed by atoms with Gasteiger partial charge in [0.05, 0.1) is 10.7 Å². The summed E-state index contributed by atoms with van der Waals surface area (Å²) in [5.41, 5.74) is 6.09. The van der Waals surface area contributed by atoms with E-state index in [0.29, 0.717) is 33.8 Å². The second-order valence-electron chi connectivity index (χ2n) is 3.33. The lowest BCUT2D eigenvalue weighted by Gasteiger charge is -2.06. The summed E-state index contributed by atoms with van der Waals surface area (Å²) in [5.74, 6) is 1.09. The van der Waals surface area contributed by atoms with E-state index in [1.165, 1.54) is 0 Å². The third-order valence-corrected chi connectivity index (χ3v) is 2.90. The van der Waals surface area contributed by atoms with E-state index in [4.69, 9.17) is 38.2 Å². The van der Waals surface area contributed by atoms with Crippen LogP contribution in [-0.4, -0.2) is 5.16 Å². The molecule has 0 fully saturated rings. The second-order valence-corrected chi connectivity index (χ2v) is 4.11. The summed E-state index contributed by atoms with van der Waals surface area (Å²) in [6.45, 7) is 0.564. The van der Waals surface area contributed by atoms with Gasteiger partial charge >= 0.3 is 0 Å². The normalized spacial score (nSPS) is 10.5. The van der Waals surface area contributed by atoms with Crippen LogP contribution in [0.3, 0.4) is 0 Å². The van der Waals surface area contributed by atoms with E-state index in [2.05, 4.69) is 5.16 Å². The monoisotopic (exact) mass is 272 g/mol. The number of aromatic nitrogens is 1. The highest BCUT2D eigenvalue weighted by atomic mass is 35.5. The molecule has 0 radical (unpaired) electrons. The molecule has 0 aliphatic heterocycles. The maximum atomic E-state index is 5.97. The quantitative estimate of drug-likeness (QED) is 0.930. The Bertz CT molecular complexity index is 514. The van der Waals surface area contributed by atoms with Crippen molar-refractivity contribution in [2.24, 2.45) is 5.73 Å². The third kappa shape index (κ3) is 2.91. The summed E-state index contributed by atoms with van der Waals surface area (Å²) in [7, 11) is 0. The number of hydrogen-bond donors (Lipinski definition) is 1. The summed E-state index contributed by atoms with van der Waals surface area (Å²) in [4.78, 5) is 0. The van der Waals surface area contributed by atoms with Gasteiger partial charge in [-0.15, -0.1) is 0 Å². The second kappa shape index (κ2) is 5.40. The van der Waals surface area contributed by atoms with Crippen molar-refractivity contribution in [3.63, 3.8) is 0 Å². The summed E-state index contributed by atoms with van der Waals surface area (Å²) in [6.07, 6.45) is 0. The van der Waals surface area contributed by atoms with Crippen LogP contribution in [0.4, 0.5) is 0 Å². The van der Waals surface area contributed by atoms with Crippen molar-refractivity contribution in [1.82, 2.24) is 5.16 Å². The molecule has 2 aromatic rings. The molecule has 2 N–H and O–H groups in total. The number of benzene rings is 1. The van der Waals surface area contributed by atoms with Gasteiger partial charge in [-0.2, -0.15) is 0 Å². The Kier molecular flexibility index (Phi) is 3.89. The average Bonchev–Trinajstić information content (AvgIpc) is 2.79. The minimum absolute atomic E-state index is 0.229. The maximum absolute atomic E-state index is 5.97. The van der Waals surface area contributed by atoms with Gasteiger partial charge in [-0.1, -0.05) is 34.4 Å². The van der Waals surface area contributed by atoms with Crippen LogP contribution in [0.5, 0.6) is 5.75 Å². The SMILES string of the molecule is NCc1cc(COc2cccc(Cl)c2Cl)on1. The van der Waals surface area contributed by atoms with Gasteiger partial charge in [0.25, 0.3) is 0 Å². The number of rotatable bonds is 4. The molecular weight excluding hydrogens is 263 g/mol. The summed E-state index contributed by atoms with van der Waals surface area (Å²) >= 11 is 11.8. The van der Waals surface area contributed by atoms with Gasteiger partial charge in [0.15, 0.2) is 5.76 Å². The van der Waals surface area contributed by atoms with Gasteiger partial charge in [-0.3, -0.25) is 0 Å². The topological polar surface area (TPSA) is 61.3 Å². The molecule has 1 aromatic carbocycles. The van der Waals surface area contributed by atoms with Crippen molar-refractivity contribution >= 4 is 23.2 Å². The molecule has 1 aromatic heterocycles. The molecule has 0 spiro atoms. The van der Waals surface area contributed by atoms with E-state index >= 15 is 0 Å². The lowest BCUT2D eigenvalue weighted by atomic mass is 10.3. The van der Waals surface area contributed by atoms with Gasteiger partial charge in [0.2, 0.25) is 0 Å². The lowest BCUT2D eigenvalue weighted by molar-refractivity contribution is 0.248. The van der Waals surface area contributed by atoms with E-state index in [9.17, 15) is 0 Å². The molecule has 0 aliphatic rings. The summed E-state index contributed by atoms with van der Waals surface area (Å²) < 4.78 is 10.5. The Morgan fingerprint density at radius 2 is 2.18 bits per heavy atom. The Hall–Kier alpha value is -1.23. The molecule has 1 heterocycles. The Morgan fingerprint density at radius 3 is 2.88 bits per heavy atom. The van der Waals surface area contributed by atoms with Crippen molar-refractivity contribution in [3.05, 3.63) is 45.8 Å². The van der Waals surface area contributed by atoms with Crippen LogP contribution in [0.15, 0.2) is 28.8 Å². The van der Waals surface area contributed by atoms with Crippen molar-refractivity contribution < 1.29 is 9.26 Å². The van der Waals surface area contributed by atoms with Crippen molar-refractivity contribution in [2.45, 2.75) is 13.2 Å². The van der Waals surface area contributed by atoms with Gasteiger partial charge in [0.1, 0.15) is 17.4 Å². The van der Waals surface area contributed by atoms with Gasteiger partial charge in [0, 0.05) is 12.6 Å². The molecule has 0 saturated carbocycles. The molecule has 4 nitrogen and oxygen atoms in total. The van der Waals surface area contributed by atoms with Gasteiger partial charge < -0.3 is 15.0 Å². The number of nitrogens with zero attached hydrogens (tertiary/aromatic N) is 1. The molecule has 90 valence electrons. The van der Waals surface area contributed by atoms with Crippen LogP contribution in [0.2, 0.25) is 10.0 Å². The van der Waals surface area contributed by atoms with Crippen molar-refractivity contribution in [1.29, 1.82) is 0 Å². The first-order valence-corrected chi connectivity index (χ1v) is 5.67. The maximum Gasteiger partial charge on any atom is 0.174 e. The van der Waals surface area contributed by atoms with Crippen LogP contribution in [-0.2, 0) is 13.2 Å². The lowest BCUT2D eigenvalue weighted by Crippen LogP contribution is -1.96. The smallest absolute Gasteiger partial charge is 0.174 e. The van der Waals surface area contributed by atoms with E-state index in [-0.39, 0.29) is 6.61 Å². The predicted molar refractivity (Wildman–Crippen MR) is 65.2 cm³/mol. The molecule has 0 saturated heterocycles. The first-order chi connectivity index (χ1) is 8.20. The molecule has 6 heteroatoms. The van der Waals surface area contributed by atoms with Gasteiger partial charge in [-0.25, -0.2) is 0 Å². The molecule has 2 rings (SSSR count). The number of hydrogen-bond acceptors (Lipinski definition) is 4. The van der Waals surface area contributed by atoms with Crippen LogP contribution < -0.4 is 10.5 Å². The summed E-state index contributed by atoms with van der Waals surface area (Å²) in [6, 6.07) is 6.92. The van der Waals surface area contributed by atoms with Crippen molar-refractivity contribution in [2.75, 3.05) is 0 Å². The molecule has 0 aliphatic carbocycles. The van der Waals surface area contributed by atoms with Crippen LogP contribution >= 0.6 is 23.2 Å². The highest BCUT2D eigenvalue weighted by molar-refractivity contribution is 6.42. The Labute approximate surface area is 108 Å². The van der Waals surface area contributed by atoms with E-state index in [1.54, 1.807) is 24.3 Å². The fraction of sp³-hybridized carbons (Fsp3) is 0.182. The largest absolute Gasteiger partial charge is 0.484 e. The molecule has 0 unspecified atom stereocenters. The standard InChI is InChI=1S/C11H10Cl2N2O2/c12-9-2-1-3-10(11(9)13)16-6-8-4-7(5-14)15-17-8/h1-4H,5-6,14H2. The van der Waals surface area contributed by atoms with Crippen LogP contribution in [0.1, 0.15) is 11.5 Å². The molecule has 0 bridgehead atoms. The zero-order valence-electron chi connectivity index (χ0n) is 8.82.